The van der Waals surface area contributed by atoms with Crippen LogP contribution in [0.2, 0.25) is 10.2 Å². The van der Waals surface area contributed by atoms with Crippen LogP contribution in [-0.4, -0.2) is 22.8 Å². The number of nitrogens with one attached hydrogen (secondary N) is 1. The maximum atomic E-state index is 12.5. The van der Waals surface area contributed by atoms with Crippen LogP contribution in [0.4, 0.5) is 5.82 Å². The van der Waals surface area contributed by atoms with Crippen molar-refractivity contribution in [3.63, 3.8) is 0 Å². The van der Waals surface area contributed by atoms with E-state index in [1.165, 1.54) is 22.7 Å². The molecular formula is C12H8Cl2N4O2S. The summed E-state index contributed by atoms with van der Waals surface area (Å²) < 4.78 is 28.6. The van der Waals surface area contributed by atoms with Gasteiger partial charge in [-0.05, 0) is 24.3 Å². The number of rotatable bonds is 3. The summed E-state index contributed by atoms with van der Waals surface area (Å²) in [5, 5.41) is 0.157. The van der Waals surface area contributed by atoms with Crippen LogP contribution in [0.5, 0.6) is 0 Å². The molecule has 3 rings (SSSR count). The topological polar surface area (TPSA) is 76.4 Å². The monoisotopic (exact) mass is 342 g/mol. The van der Waals surface area contributed by atoms with E-state index in [1.807, 2.05) is 0 Å². The number of halogens is 2. The maximum absolute atomic E-state index is 12.5. The first-order valence-electron chi connectivity index (χ1n) is 5.74. The molecule has 1 N–H and O–H groups in total. The molecule has 0 aliphatic rings. The number of aromatic nitrogens is 3. The molecule has 21 heavy (non-hydrogen) atoms. The van der Waals surface area contributed by atoms with E-state index in [9.17, 15) is 8.42 Å². The lowest BCUT2D eigenvalue weighted by Crippen LogP contribution is -2.16. The van der Waals surface area contributed by atoms with Crippen molar-refractivity contribution in [2.24, 2.45) is 0 Å². The Morgan fingerprint density at radius 2 is 1.95 bits per heavy atom. The molecule has 0 radical (unpaired) electrons. The quantitative estimate of drug-likeness (QED) is 0.793. The molecule has 3 aromatic rings. The third-order valence-electron chi connectivity index (χ3n) is 2.67. The van der Waals surface area contributed by atoms with E-state index in [-0.39, 0.29) is 16.0 Å². The number of sulfonamides is 1. The van der Waals surface area contributed by atoms with Gasteiger partial charge in [-0.2, -0.15) is 8.42 Å². The minimum atomic E-state index is -3.93. The third-order valence-corrected chi connectivity index (χ3v) is 4.64. The Morgan fingerprint density at radius 1 is 1.14 bits per heavy atom. The van der Waals surface area contributed by atoms with Gasteiger partial charge in [0.05, 0.1) is 5.02 Å². The number of hydrogen-bond acceptors (Lipinski definition) is 4. The summed E-state index contributed by atoms with van der Waals surface area (Å²) >= 11 is 11.7. The second kappa shape index (κ2) is 5.18. The van der Waals surface area contributed by atoms with Crippen LogP contribution in [0.25, 0.3) is 5.65 Å². The molecule has 0 amide bonds. The zero-order valence-corrected chi connectivity index (χ0v) is 12.7. The van der Waals surface area contributed by atoms with Crippen molar-refractivity contribution in [3.8, 4) is 0 Å². The summed E-state index contributed by atoms with van der Waals surface area (Å²) in [5.74, 6) is 0.140. The molecule has 0 aromatic carbocycles. The normalized spacial score (nSPS) is 11.7. The lowest BCUT2D eigenvalue weighted by Gasteiger charge is -2.07. The van der Waals surface area contributed by atoms with Gasteiger partial charge in [0.2, 0.25) is 0 Å². The highest BCUT2D eigenvalue weighted by atomic mass is 35.5. The molecule has 0 saturated carbocycles. The van der Waals surface area contributed by atoms with Gasteiger partial charge in [0.1, 0.15) is 11.5 Å². The van der Waals surface area contributed by atoms with Crippen LogP contribution in [0, 0.1) is 0 Å². The lowest BCUT2D eigenvalue weighted by molar-refractivity contribution is 0.596. The summed E-state index contributed by atoms with van der Waals surface area (Å²) in [6.07, 6.45) is 2.91. The van der Waals surface area contributed by atoms with Crippen molar-refractivity contribution in [2.45, 2.75) is 5.03 Å². The van der Waals surface area contributed by atoms with Crippen molar-refractivity contribution < 1.29 is 8.42 Å². The van der Waals surface area contributed by atoms with Gasteiger partial charge < -0.3 is 0 Å². The number of anilines is 1. The van der Waals surface area contributed by atoms with E-state index in [0.29, 0.717) is 10.7 Å². The SMILES string of the molecule is O=S(=O)(Nc1ccc(Cl)cn1)c1c(Cl)nc2ccccn12. The highest BCUT2D eigenvalue weighted by Crippen LogP contribution is 2.24. The molecule has 0 aliphatic carbocycles. The number of nitrogens with zero attached hydrogens (tertiary/aromatic N) is 3. The van der Waals surface area contributed by atoms with Crippen molar-refractivity contribution in [2.75, 3.05) is 4.72 Å². The van der Waals surface area contributed by atoms with Gasteiger partial charge in [-0.15, -0.1) is 0 Å². The molecule has 108 valence electrons. The molecule has 0 aliphatic heterocycles. The van der Waals surface area contributed by atoms with E-state index in [1.54, 1.807) is 24.4 Å². The smallest absolute Gasteiger partial charge is 0.282 e. The second-order valence-corrected chi connectivity index (χ2v) is 6.50. The van der Waals surface area contributed by atoms with Gasteiger partial charge in [0, 0.05) is 12.4 Å². The molecule has 3 heterocycles. The van der Waals surface area contributed by atoms with Gasteiger partial charge in [0.15, 0.2) is 10.2 Å². The number of pyridine rings is 2. The first-order valence-corrected chi connectivity index (χ1v) is 7.98. The van der Waals surface area contributed by atoms with Gasteiger partial charge >= 0.3 is 0 Å². The van der Waals surface area contributed by atoms with Gasteiger partial charge in [-0.1, -0.05) is 29.3 Å². The largest absolute Gasteiger partial charge is 0.288 e. The molecule has 0 fully saturated rings. The molecule has 6 nitrogen and oxygen atoms in total. The third kappa shape index (κ3) is 2.67. The van der Waals surface area contributed by atoms with Crippen LogP contribution < -0.4 is 4.72 Å². The summed E-state index contributed by atoms with van der Waals surface area (Å²) in [5.41, 5.74) is 0.437. The van der Waals surface area contributed by atoms with Crippen molar-refractivity contribution in [1.82, 2.24) is 14.4 Å². The van der Waals surface area contributed by atoms with E-state index in [0.717, 1.165) is 0 Å². The maximum Gasteiger partial charge on any atom is 0.282 e. The Hall–Kier alpha value is -1.83. The number of fused-ring (bicyclic) bond motifs is 1. The molecule has 3 aromatic heterocycles. The number of hydrogen-bond donors (Lipinski definition) is 1. The second-order valence-electron chi connectivity index (χ2n) is 4.10. The minimum Gasteiger partial charge on any atom is -0.288 e. The molecule has 0 saturated heterocycles. The van der Waals surface area contributed by atoms with E-state index in [4.69, 9.17) is 23.2 Å². The Morgan fingerprint density at radius 3 is 2.67 bits per heavy atom. The zero-order chi connectivity index (χ0) is 15.0. The number of imidazole rings is 1. The average molecular weight is 343 g/mol. The summed E-state index contributed by atoms with van der Waals surface area (Å²) in [7, 11) is -3.93. The summed E-state index contributed by atoms with van der Waals surface area (Å²) in [4.78, 5) is 7.89. The molecule has 0 bridgehead atoms. The first kappa shape index (κ1) is 14.1. The molecule has 0 unspecified atom stereocenters. The molecular weight excluding hydrogens is 335 g/mol. The van der Waals surface area contributed by atoms with Crippen LogP contribution in [-0.2, 0) is 10.0 Å². The molecule has 9 heteroatoms. The van der Waals surface area contributed by atoms with Crippen LogP contribution in [0.3, 0.4) is 0 Å². The van der Waals surface area contributed by atoms with Crippen molar-refractivity contribution >= 4 is 44.7 Å². The van der Waals surface area contributed by atoms with Gasteiger partial charge in [0.25, 0.3) is 10.0 Å². The highest BCUT2D eigenvalue weighted by Gasteiger charge is 2.24. The predicted molar refractivity (Wildman–Crippen MR) is 80.3 cm³/mol. The zero-order valence-electron chi connectivity index (χ0n) is 10.4. The molecule has 0 atom stereocenters. The highest BCUT2D eigenvalue weighted by molar-refractivity contribution is 7.92. The van der Waals surface area contributed by atoms with E-state index >= 15 is 0 Å². The van der Waals surface area contributed by atoms with Gasteiger partial charge in [-0.3, -0.25) is 9.12 Å². The van der Waals surface area contributed by atoms with Crippen molar-refractivity contribution in [1.29, 1.82) is 0 Å². The standard InChI is InChI=1S/C12H8Cl2N4O2S/c13-8-4-5-9(15-7-8)17-21(19,20)12-11(14)16-10-3-1-2-6-18(10)12/h1-7H,(H,15,17). The van der Waals surface area contributed by atoms with Gasteiger partial charge in [-0.25, -0.2) is 9.97 Å². The predicted octanol–water partition coefficient (Wildman–Crippen LogP) is 2.84. The Bertz CT molecular complexity index is 907. The fourth-order valence-corrected chi connectivity index (χ4v) is 3.57. The van der Waals surface area contributed by atoms with E-state index in [2.05, 4.69) is 14.7 Å². The summed E-state index contributed by atoms with van der Waals surface area (Å²) in [6.45, 7) is 0. The Kier molecular flexibility index (Phi) is 3.48. The average Bonchev–Trinajstić information content (AvgIpc) is 2.77. The fraction of sp³-hybridized carbons (Fsp3) is 0. The fourth-order valence-electron chi connectivity index (χ4n) is 1.81. The first-order chi connectivity index (χ1) is 9.97. The van der Waals surface area contributed by atoms with Crippen LogP contribution in [0.15, 0.2) is 47.8 Å². The Labute approximate surface area is 130 Å². The van der Waals surface area contributed by atoms with Crippen molar-refractivity contribution in [3.05, 3.63) is 52.9 Å². The van der Waals surface area contributed by atoms with Crippen LogP contribution >= 0.6 is 23.2 Å². The Balaban J connectivity index is 2.08. The van der Waals surface area contributed by atoms with E-state index < -0.39 is 10.0 Å². The minimum absolute atomic E-state index is 0.109. The molecule has 0 spiro atoms. The summed E-state index contributed by atoms with van der Waals surface area (Å²) in [6, 6.07) is 8.07. The lowest BCUT2D eigenvalue weighted by atomic mass is 10.5. The van der Waals surface area contributed by atoms with Crippen LogP contribution in [0.1, 0.15) is 0 Å².